The normalized spacial score (nSPS) is 12.8. The van der Waals surface area contributed by atoms with E-state index < -0.39 is 17.9 Å². The van der Waals surface area contributed by atoms with Crippen LogP contribution >= 0.6 is 0 Å². The molecule has 0 saturated heterocycles. The molecular weight excluding hydrogens is 450 g/mol. The molecule has 1 atom stereocenters. The van der Waals surface area contributed by atoms with Crippen molar-refractivity contribution in [1.82, 2.24) is 5.32 Å². The van der Waals surface area contributed by atoms with Gasteiger partial charge in [-0.15, -0.1) is 0 Å². The van der Waals surface area contributed by atoms with Crippen molar-refractivity contribution < 1.29 is 19.1 Å². The maximum Gasteiger partial charge on any atom is 0.328 e. The van der Waals surface area contributed by atoms with Crippen LogP contribution in [0.15, 0.2) is 103 Å². The summed E-state index contributed by atoms with van der Waals surface area (Å²) < 4.78 is 10.9. The smallest absolute Gasteiger partial charge is 0.328 e. The third kappa shape index (κ3) is 4.86. The van der Waals surface area contributed by atoms with Crippen LogP contribution in [0, 0.1) is 0 Å². The van der Waals surface area contributed by atoms with Gasteiger partial charge in [0.25, 0.3) is 0 Å². The van der Waals surface area contributed by atoms with Crippen molar-refractivity contribution in [2.45, 2.75) is 25.0 Å². The molecular formula is C31H27NO4. The number of methoxy groups -OCH3 is 1. The molecule has 5 rings (SSSR count). The highest BCUT2D eigenvalue weighted by atomic mass is 16.5. The van der Waals surface area contributed by atoms with Crippen molar-refractivity contribution in [2.24, 2.45) is 0 Å². The Hall–Kier alpha value is -4.38. The van der Waals surface area contributed by atoms with Crippen molar-refractivity contribution in [3.63, 3.8) is 0 Å². The molecule has 0 aliphatic heterocycles. The molecule has 0 saturated carbocycles. The summed E-state index contributed by atoms with van der Waals surface area (Å²) in [6.07, 6.45) is 0.313. The monoisotopic (exact) mass is 477 g/mol. The second kappa shape index (κ2) is 10.5. The summed E-state index contributed by atoms with van der Waals surface area (Å²) in [6, 6.07) is 32.5. The van der Waals surface area contributed by atoms with Crippen molar-refractivity contribution in [1.29, 1.82) is 0 Å². The molecule has 0 radical (unpaired) electrons. The Morgan fingerprint density at radius 3 is 1.94 bits per heavy atom. The molecule has 36 heavy (non-hydrogen) atoms. The lowest BCUT2D eigenvalue weighted by Crippen LogP contribution is -2.45. The quantitative estimate of drug-likeness (QED) is 0.351. The highest BCUT2D eigenvalue weighted by Crippen LogP contribution is 2.44. The van der Waals surface area contributed by atoms with Gasteiger partial charge in [-0.25, -0.2) is 4.79 Å². The van der Waals surface area contributed by atoms with Gasteiger partial charge in [-0.3, -0.25) is 4.79 Å². The Kier molecular flexibility index (Phi) is 6.80. The van der Waals surface area contributed by atoms with Gasteiger partial charge in [0, 0.05) is 6.42 Å². The number of esters is 1. The van der Waals surface area contributed by atoms with E-state index >= 15 is 0 Å². The van der Waals surface area contributed by atoms with E-state index in [0.29, 0.717) is 13.0 Å². The number of fused-ring (bicyclic) bond motifs is 3. The molecule has 4 aromatic rings. The predicted molar refractivity (Wildman–Crippen MR) is 139 cm³/mol. The van der Waals surface area contributed by atoms with Crippen LogP contribution in [0.2, 0.25) is 0 Å². The number of benzene rings is 4. The summed E-state index contributed by atoms with van der Waals surface area (Å²) in [5.41, 5.74) is 5.97. The van der Waals surface area contributed by atoms with Crippen LogP contribution in [0.4, 0.5) is 0 Å². The highest BCUT2D eigenvalue weighted by Gasteiger charge is 2.35. The lowest BCUT2D eigenvalue weighted by atomic mass is 9.95. The Labute approximate surface area is 210 Å². The zero-order chi connectivity index (χ0) is 24.9. The van der Waals surface area contributed by atoms with Gasteiger partial charge in [0.1, 0.15) is 18.4 Å². The van der Waals surface area contributed by atoms with Crippen LogP contribution < -0.4 is 10.1 Å². The first-order chi connectivity index (χ1) is 17.6. The fourth-order valence-electron chi connectivity index (χ4n) is 4.73. The minimum atomic E-state index is -0.807. The van der Waals surface area contributed by atoms with Gasteiger partial charge >= 0.3 is 5.97 Å². The zero-order valence-corrected chi connectivity index (χ0v) is 20.0. The Morgan fingerprint density at radius 1 is 0.750 bits per heavy atom. The summed E-state index contributed by atoms with van der Waals surface area (Å²) in [4.78, 5) is 26.1. The molecule has 1 amide bonds. The van der Waals surface area contributed by atoms with E-state index in [9.17, 15) is 9.59 Å². The van der Waals surface area contributed by atoms with Gasteiger partial charge in [-0.05, 0) is 45.5 Å². The molecule has 0 fully saturated rings. The molecule has 0 heterocycles. The van der Waals surface area contributed by atoms with E-state index in [-0.39, 0.29) is 5.91 Å². The number of amides is 1. The van der Waals surface area contributed by atoms with Crippen LogP contribution in [0.25, 0.3) is 11.1 Å². The minimum absolute atomic E-state index is 0.217. The molecule has 1 aliphatic carbocycles. The lowest BCUT2D eigenvalue weighted by molar-refractivity contribution is -0.145. The number of hydrogen-bond acceptors (Lipinski definition) is 4. The third-order valence-corrected chi connectivity index (χ3v) is 6.51. The first-order valence-electron chi connectivity index (χ1n) is 12.0. The second-order valence-electron chi connectivity index (χ2n) is 8.81. The number of nitrogens with one attached hydrogen (secondary N) is 1. The number of hydrogen-bond donors (Lipinski definition) is 1. The topological polar surface area (TPSA) is 64.6 Å². The van der Waals surface area contributed by atoms with E-state index in [1.807, 2.05) is 103 Å². The number of carbonyl (C=O) groups is 2. The average Bonchev–Trinajstić information content (AvgIpc) is 3.27. The fraction of sp³-hybridized carbons (Fsp3) is 0.161. The van der Waals surface area contributed by atoms with Crippen LogP contribution in [0.5, 0.6) is 5.75 Å². The number of rotatable bonds is 8. The van der Waals surface area contributed by atoms with Crippen LogP contribution in [0.3, 0.4) is 0 Å². The average molecular weight is 478 g/mol. The zero-order valence-electron chi connectivity index (χ0n) is 20.0. The van der Waals surface area contributed by atoms with E-state index in [0.717, 1.165) is 39.1 Å². The van der Waals surface area contributed by atoms with Crippen molar-refractivity contribution in [2.75, 3.05) is 7.11 Å². The summed E-state index contributed by atoms with van der Waals surface area (Å²) in [5.74, 6) is -0.434. The summed E-state index contributed by atoms with van der Waals surface area (Å²) in [7, 11) is 1.34. The van der Waals surface area contributed by atoms with Crippen LogP contribution in [-0.2, 0) is 27.4 Å². The second-order valence-corrected chi connectivity index (χ2v) is 8.81. The van der Waals surface area contributed by atoms with Gasteiger partial charge in [-0.2, -0.15) is 0 Å². The van der Waals surface area contributed by atoms with Gasteiger partial charge in [-0.1, -0.05) is 91.0 Å². The Morgan fingerprint density at radius 2 is 1.33 bits per heavy atom. The van der Waals surface area contributed by atoms with Gasteiger partial charge in [0.2, 0.25) is 5.91 Å². The van der Waals surface area contributed by atoms with Crippen LogP contribution in [-0.4, -0.2) is 25.0 Å². The maximum absolute atomic E-state index is 13.5. The molecule has 180 valence electrons. The maximum atomic E-state index is 13.5. The molecule has 0 bridgehead atoms. The fourth-order valence-corrected chi connectivity index (χ4v) is 4.73. The van der Waals surface area contributed by atoms with Gasteiger partial charge < -0.3 is 14.8 Å². The Bertz CT molecular complexity index is 1320. The molecule has 1 N–H and O–H groups in total. The van der Waals surface area contributed by atoms with E-state index in [1.165, 1.54) is 7.11 Å². The molecule has 1 aliphatic rings. The summed E-state index contributed by atoms with van der Waals surface area (Å²) in [6.45, 7) is 0.478. The minimum Gasteiger partial charge on any atom is -0.489 e. The van der Waals surface area contributed by atoms with Gasteiger partial charge in [0.05, 0.1) is 13.0 Å². The van der Waals surface area contributed by atoms with Crippen LogP contribution in [0.1, 0.15) is 28.2 Å². The predicted octanol–water partition coefficient (Wildman–Crippen LogP) is 5.28. The highest BCUT2D eigenvalue weighted by molar-refractivity contribution is 5.97. The summed E-state index contributed by atoms with van der Waals surface area (Å²) >= 11 is 0. The number of ether oxygens (including phenoxy) is 2. The molecule has 0 spiro atoms. The van der Waals surface area contributed by atoms with E-state index in [2.05, 4.69) is 5.32 Å². The Balaban J connectivity index is 1.30. The molecule has 5 heteroatoms. The molecule has 4 aromatic carbocycles. The molecule has 5 nitrogen and oxygen atoms in total. The standard InChI is InChI=1S/C31H27NO4/c1-35-31(34)28(19-21-15-17-23(18-16-21)36-20-22-9-3-2-4-10-22)32-30(33)29-26-13-7-5-11-24(26)25-12-6-8-14-27(25)29/h2-18,28-29H,19-20H2,1H3,(H,32,33)/t28-/m0/s1. The molecule has 0 unspecified atom stereocenters. The third-order valence-electron chi connectivity index (χ3n) is 6.51. The van der Waals surface area contributed by atoms with Crippen molar-refractivity contribution in [3.8, 4) is 16.9 Å². The van der Waals surface area contributed by atoms with Crippen molar-refractivity contribution in [3.05, 3.63) is 125 Å². The first-order valence-corrected chi connectivity index (χ1v) is 12.0. The van der Waals surface area contributed by atoms with E-state index in [4.69, 9.17) is 9.47 Å². The first kappa shape index (κ1) is 23.4. The van der Waals surface area contributed by atoms with Crippen molar-refractivity contribution >= 4 is 11.9 Å². The molecule has 0 aromatic heterocycles. The SMILES string of the molecule is COC(=O)[C@H](Cc1ccc(OCc2ccccc2)cc1)NC(=O)C1c2ccccc2-c2ccccc21. The van der Waals surface area contributed by atoms with Gasteiger partial charge in [0.15, 0.2) is 0 Å². The number of carbonyl (C=O) groups excluding carboxylic acids is 2. The largest absolute Gasteiger partial charge is 0.489 e. The summed E-state index contributed by atoms with van der Waals surface area (Å²) in [5, 5.41) is 2.96. The lowest BCUT2D eigenvalue weighted by Gasteiger charge is -2.20. The van der Waals surface area contributed by atoms with E-state index in [1.54, 1.807) is 0 Å².